The maximum atomic E-state index is 11.9. The largest absolute Gasteiger partial charge is 0.459 e. The van der Waals surface area contributed by atoms with Crippen LogP contribution >= 0.6 is 0 Å². The average molecular weight is 337 g/mol. The molecule has 7 heteroatoms. The molecule has 0 unspecified atom stereocenters. The quantitative estimate of drug-likeness (QED) is 0.642. The van der Waals surface area contributed by atoms with Crippen LogP contribution < -0.4 is 4.90 Å². The van der Waals surface area contributed by atoms with Gasteiger partial charge < -0.3 is 9.64 Å². The molecule has 0 radical (unpaired) electrons. The third-order valence-electron chi connectivity index (χ3n) is 3.61. The lowest BCUT2D eigenvalue weighted by Crippen LogP contribution is -2.15. The van der Waals surface area contributed by atoms with E-state index in [2.05, 4.69) is 15.4 Å². The van der Waals surface area contributed by atoms with E-state index in [0.717, 1.165) is 16.8 Å². The van der Waals surface area contributed by atoms with Crippen LogP contribution in [-0.4, -0.2) is 40.3 Å². The van der Waals surface area contributed by atoms with Crippen LogP contribution in [-0.2, 0) is 22.7 Å². The Labute approximate surface area is 145 Å². The first-order chi connectivity index (χ1) is 12.1. The normalized spacial score (nSPS) is 10.5. The molecule has 0 bridgehead atoms. The zero-order valence-electron chi connectivity index (χ0n) is 14.2. The number of carbonyl (C=O) groups is 1. The zero-order chi connectivity index (χ0) is 17.6. The Morgan fingerprint density at radius 2 is 1.80 bits per heavy atom. The maximum absolute atomic E-state index is 11.9. The highest BCUT2D eigenvalue weighted by Gasteiger charge is 2.10. The number of carbonyl (C=O) groups excluding carboxylic acids is 1. The molecule has 25 heavy (non-hydrogen) atoms. The monoisotopic (exact) mass is 337 g/mol. The third-order valence-corrected chi connectivity index (χ3v) is 3.61. The molecule has 7 nitrogen and oxygen atoms in total. The maximum Gasteiger partial charge on any atom is 0.330 e. The molecular weight excluding hydrogens is 318 g/mol. The summed E-state index contributed by atoms with van der Waals surface area (Å²) in [5, 5.41) is 12.1. The first-order valence-corrected chi connectivity index (χ1v) is 7.87. The molecule has 0 N–H and O–H groups in total. The molecule has 2 aromatic carbocycles. The summed E-state index contributed by atoms with van der Waals surface area (Å²) in [4.78, 5) is 15.1. The lowest BCUT2D eigenvalue weighted by molar-refractivity contribution is -0.146. The summed E-state index contributed by atoms with van der Waals surface area (Å²) in [6, 6.07) is 17.3. The molecule has 0 saturated carbocycles. The van der Waals surface area contributed by atoms with E-state index in [9.17, 15) is 4.79 Å². The van der Waals surface area contributed by atoms with Crippen molar-refractivity contribution in [1.82, 2.24) is 20.2 Å². The molecule has 0 aliphatic rings. The first kappa shape index (κ1) is 16.6. The molecule has 0 aliphatic carbocycles. The molecule has 0 fully saturated rings. The van der Waals surface area contributed by atoms with Gasteiger partial charge in [-0.25, -0.2) is 4.79 Å². The van der Waals surface area contributed by atoms with Gasteiger partial charge in [0.15, 0.2) is 6.54 Å². The number of benzene rings is 2. The Morgan fingerprint density at radius 1 is 1.08 bits per heavy atom. The van der Waals surface area contributed by atoms with Crippen molar-refractivity contribution in [2.45, 2.75) is 13.2 Å². The molecule has 0 atom stereocenters. The van der Waals surface area contributed by atoms with Crippen LogP contribution in [0.15, 0.2) is 54.6 Å². The standard InChI is InChI=1S/C18H19N5O2/c1-22(2)16-10-8-15(9-11-16)18-19-21-23(20-18)12-17(24)25-13-14-6-4-3-5-7-14/h3-11H,12-13H2,1-2H3. The zero-order valence-corrected chi connectivity index (χ0v) is 14.2. The summed E-state index contributed by atoms with van der Waals surface area (Å²) in [7, 11) is 3.95. The predicted octanol–water partition coefficient (Wildman–Crippen LogP) is 2.15. The van der Waals surface area contributed by atoms with Gasteiger partial charge in [-0.15, -0.1) is 10.2 Å². The Kier molecular flexibility index (Phi) is 5.03. The number of hydrogen-bond acceptors (Lipinski definition) is 6. The van der Waals surface area contributed by atoms with Crippen molar-refractivity contribution in [3.63, 3.8) is 0 Å². The van der Waals surface area contributed by atoms with Crippen LogP contribution in [0.4, 0.5) is 5.69 Å². The summed E-state index contributed by atoms with van der Waals surface area (Å²) in [6.45, 7) is 0.156. The van der Waals surface area contributed by atoms with Crippen molar-refractivity contribution < 1.29 is 9.53 Å². The summed E-state index contributed by atoms with van der Waals surface area (Å²) in [5.41, 5.74) is 2.86. The number of aromatic nitrogens is 4. The van der Waals surface area contributed by atoms with Gasteiger partial charge in [-0.1, -0.05) is 30.3 Å². The third kappa shape index (κ3) is 4.41. The number of anilines is 1. The lowest BCUT2D eigenvalue weighted by Gasteiger charge is -2.11. The van der Waals surface area contributed by atoms with Crippen LogP contribution in [0.2, 0.25) is 0 Å². The van der Waals surface area contributed by atoms with Crippen molar-refractivity contribution in [2.24, 2.45) is 0 Å². The van der Waals surface area contributed by atoms with Gasteiger partial charge in [-0.2, -0.15) is 4.80 Å². The minimum atomic E-state index is -0.407. The second kappa shape index (κ2) is 7.57. The molecule has 1 heterocycles. The van der Waals surface area contributed by atoms with E-state index >= 15 is 0 Å². The molecule has 3 aromatic rings. The van der Waals surface area contributed by atoms with Gasteiger partial charge in [0, 0.05) is 25.3 Å². The minimum Gasteiger partial charge on any atom is -0.459 e. The predicted molar refractivity (Wildman–Crippen MR) is 93.8 cm³/mol. The summed E-state index contributed by atoms with van der Waals surface area (Å²) >= 11 is 0. The van der Waals surface area contributed by atoms with Crippen LogP contribution in [0.25, 0.3) is 11.4 Å². The van der Waals surface area contributed by atoms with Gasteiger partial charge in [0.05, 0.1) is 0 Å². The van der Waals surface area contributed by atoms with Gasteiger partial charge in [0.1, 0.15) is 6.61 Å². The van der Waals surface area contributed by atoms with Crippen molar-refractivity contribution in [1.29, 1.82) is 0 Å². The lowest BCUT2D eigenvalue weighted by atomic mass is 10.2. The number of hydrogen-bond donors (Lipinski definition) is 0. The fourth-order valence-electron chi connectivity index (χ4n) is 2.23. The SMILES string of the molecule is CN(C)c1ccc(-c2nnn(CC(=O)OCc3ccccc3)n2)cc1. The highest BCUT2D eigenvalue weighted by Crippen LogP contribution is 2.18. The highest BCUT2D eigenvalue weighted by atomic mass is 16.5. The van der Waals surface area contributed by atoms with E-state index < -0.39 is 5.97 Å². The Morgan fingerprint density at radius 3 is 2.48 bits per heavy atom. The van der Waals surface area contributed by atoms with Crippen LogP contribution in [0, 0.1) is 0 Å². The number of ether oxygens (including phenoxy) is 1. The summed E-state index contributed by atoms with van der Waals surface area (Å²) in [5.74, 6) is 0.0666. The first-order valence-electron chi connectivity index (χ1n) is 7.87. The van der Waals surface area contributed by atoms with Crippen LogP contribution in [0.5, 0.6) is 0 Å². The van der Waals surface area contributed by atoms with E-state index in [1.807, 2.05) is 73.6 Å². The van der Waals surface area contributed by atoms with E-state index in [4.69, 9.17) is 4.74 Å². The van der Waals surface area contributed by atoms with Crippen molar-refractivity contribution in [2.75, 3.05) is 19.0 Å². The summed E-state index contributed by atoms with van der Waals surface area (Å²) < 4.78 is 5.22. The van der Waals surface area contributed by atoms with Crippen LogP contribution in [0.1, 0.15) is 5.56 Å². The van der Waals surface area contributed by atoms with Crippen molar-refractivity contribution in [3.8, 4) is 11.4 Å². The second-order valence-electron chi connectivity index (χ2n) is 5.73. The van der Waals surface area contributed by atoms with Crippen molar-refractivity contribution >= 4 is 11.7 Å². The van der Waals surface area contributed by atoms with Gasteiger partial charge in [-0.05, 0) is 35.0 Å². The van der Waals surface area contributed by atoms with Gasteiger partial charge >= 0.3 is 5.97 Å². The fraction of sp³-hybridized carbons (Fsp3) is 0.222. The Hall–Kier alpha value is -3.22. The molecule has 1 aromatic heterocycles. The van der Waals surface area contributed by atoms with Gasteiger partial charge in [0.25, 0.3) is 0 Å². The second-order valence-corrected chi connectivity index (χ2v) is 5.73. The van der Waals surface area contributed by atoms with E-state index in [-0.39, 0.29) is 13.2 Å². The van der Waals surface area contributed by atoms with Gasteiger partial charge in [0.2, 0.25) is 5.82 Å². The van der Waals surface area contributed by atoms with E-state index in [0.29, 0.717) is 5.82 Å². The average Bonchev–Trinajstić information content (AvgIpc) is 3.09. The van der Waals surface area contributed by atoms with E-state index in [1.165, 1.54) is 4.80 Å². The smallest absolute Gasteiger partial charge is 0.330 e. The molecular formula is C18H19N5O2. The fourth-order valence-corrected chi connectivity index (χ4v) is 2.23. The topological polar surface area (TPSA) is 73.1 Å². The molecule has 0 aliphatic heterocycles. The van der Waals surface area contributed by atoms with Crippen LogP contribution in [0.3, 0.4) is 0 Å². The number of rotatable bonds is 6. The minimum absolute atomic E-state index is 0.0738. The van der Waals surface area contributed by atoms with Gasteiger partial charge in [-0.3, -0.25) is 0 Å². The van der Waals surface area contributed by atoms with E-state index in [1.54, 1.807) is 0 Å². The molecule has 0 spiro atoms. The molecule has 0 saturated heterocycles. The number of nitrogens with zero attached hydrogens (tertiary/aromatic N) is 5. The Bertz CT molecular complexity index is 828. The molecule has 128 valence electrons. The summed E-state index contributed by atoms with van der Waals surface area (Å²) in [6.07, 6.45) is 0. The Balaban J connectivity index is 1.58. The highest BCUT2D eigenvalue weighted by molar-refractivity contribution is 5.69. The number of tetrazole rings is 1. The molecule has 3 rings (SSSR count). The molecule has 0 amide bonds. The number of esters is 1. The van der Waals surface area contributed by atoms with Crippen molar-refractivity contribution in [3.05, 3.63) is 60.2 Å².